The van der Waals surface area contributed by atoms with Crippen LogP contribution in [0.2, 0.25) is 0 Å². The Morgan fingerprint density at radius 2 is 2.36 bits per heavy atom. The summed E-state index contributed by atoms with van der Waals surface area (Å²) < 4.78 is 0. The monoisotopic (exact) mass is 155 g/mol. The fraction of sp³-hybridized carbons (Fsp3) is 0.400. The maximum Gasteiger partial charge on any atom is 0.168 e. The molecule has 0 heterocycles. The van der Waals surface area contributed by atoms with Crippen LogP contribution in [-0.4, -0.2) is 30.0 Å². The van der Waals surface area contributed by atoms with E-state index in [1.165, 1.54) is 5.87 Å². The van der Waals surface area contributed by atoms with Crippen molar-refractivity contribution in [2.24, 2.45) is 15.9 Å². The second kappa shape index (κ2) is 5.28. The lowest BCUT2D eigenvalue weighted by atomic mass is 10.4. The molecule has 0 bridgehead atoms. The number of nitrogens with zero attached hydrogens (tertiary/aromatic N) is 3. The minimum absolute atomic E-state index is 0.0620. The molecule has 0 aromatic carbocycles. The predicted octanol–water partition coefficient (Wildman–Crippen LogP) is -0.775. The molecule has 0 saturated heterocycles. The minimum Gasteiger partial charge on any atom is -0.761 e. The van der Waals surface area contributed by atoms with Crippen LogP contribution in [0.4, 0.5) is 0 Å². The molecular formula is C5H7N4O2-. The van der Waals surface area contributed by atoms with Gasteiger partial charge in [-0.25, -0.2) is 5.87 Å². The van der Waals surface area contributed by atoms with Gasteiger partial charge in [0.2, 0.25) is 0 Å². The Bertz CT molecular complexity index is 217. The summed E-state index contributed by atoms with van der Waals surface area (Å²) in [7, 11) is 0. The van der Waals surface area contributed by atoms with E-state index in [1.807, 2.05) is 0 Å². The standard InChI is InChI=1S/C5H7N4O2/c6-3-4(9-11)5(7)8-1-2-10/h10H,1-2H2,(H2,7,8)/q-1. The molecule has 3 N–H and O–H groups in total. The van der Waals surface area contributed by atoms with Crippen LogP contribution in [0.5, 0.6) is 0 Å². The predicted molar refractivity (Wildman–Crippen MR) is 41.2 cm³/mol. The third kappa shape index (κ3) is 3.24. The number of hydrogen-bond acceptors (Lipinski definition) is 4. The van der Waals surface area contributed by atoms with Gasteiger partial charge in [0.15, 0.2) is 11.5 Å². The lowest BCUT2D eigenvalue weighted by Crippen LogP contribution is -2.15. The van der Waals surface area contributed by atoms with Crippen LogP contribution in [0.25, 0.3) is 5.41 Å². The van der Waals surface area contributed by atoms with Crippen molar-refractivity contribution in [3.05, 3.63) is 16.0 Å². The van der Waals surface area contributed by atoms with Crippen molar-refractivity contribution in [1.29, 1.82) is 0 Å². The van der Waals surface area contributed by atoms with Gasteiger partial charge in [-0.15, -0.1) is 4.91 Å². The largest absolute Gasteiger partial charge is 0.761 e. The Hall–Kier alpha value is -1.52. The van der Waals surface area contributed by atoms with Gasteiger partial charge in [-0.3, -0.25) is 4.99 Å². The van der Waals surface area contributed by atoms with Crippen LogP contribution in [0.15, 0.2) is 15.9 Å². The van der Waals surface area contributed by atoms with Crippen molar-refractivity contribution in [3.63, 3.8) is 0 Å². The first-order valence-electron chi connectivity index (χ1n) is 2.77. The van der Waals surface area contributed by atoms with E-state index < -0.39 is 5.70 Å². The van der Waals surface area contributed by atoms with Crippen molar-refractivity contribution < 1.29 is 5.11 Å². The molecule has 0 spiro atoms. The number of aliphatic hydroxyl groups is 1. The minimum atomic E-state index is -0.460. The molecule has 0 aliphatic heterocycles. The van der Waals surface area contributed by atoms with E-state index in [9.17, 15) is 4.91 Å². The third-order valence-corrected chi connectivity index (χ3v) is 0.822. The molecule has 0 amide bonds. The summed E-state index contributed by atoms with van der Waals surface area (Å²) in [5.41, 5.74) is 4.65. The summed E-state index contributed by atoms with van der Waals surface area (Å²) in [6.07, 6.45) is 0. The van der Waals surface area contributed by atoms with Gasteiger partial charge in [-0.2, -0.15) is 0 Å². The SMILES string of the molecule is [N-]=C=C(N=O)C(N)=NCCO. The molecule has 11 heavy (non-hydrogen) atoms. The summed E-state index contributed by atoms with van der Waals surface area (Å²) in [5.74, 6) is 1.22. The van der Waals surface area contributed by atoms with E-state index in [-0.39, 0.29) is 19.0 Å². The first-order valence-corrected chi connectivity index (χ1v) is 2.77. The molecule has 60 valence electrons. The maximum absolute atomic E-state index is 9.81. The maximum atomic E-state index is 9.81. The van der Waals surface area contributed by atoms with Gasteiger partial charge in [0.25, 0.3) is 0 Å². The Labute approximate surface area is 62.9 Å². The van der Waals surface area contributed by atoms with Gasteiger partial charge in [0, 0.05) is 0 Å². The second-order valence-electron chi connectivity index (χ2n) is 1.54. The number of nitroso groups, excluding NO2 is 1. The van der Waals surface area contributed by atoms with Gasteiger partial charge < -0.3 is 16.2 Å². The summed E-state index contributed by atoms with van der Waals surface area (Å²) in [5, 5.41) is 18.8. The summed E-state index contributed by atoms with van der Waals surface area (Å²) >= 11 is 0. The summed E-state index contributed by atoms with van der Waals surface area (Å²) in [4.78, 5) is 13.3. The van der Waals surface area contributed by atoms with Gasteiger partial charge in [0.1, 0.15) is 0 Å². The zero-order valence-corrected chi connectivity index (χ0v) is 5.69. The normalized spacial score (nSPS) is 10.5. The molecule has 0 aliphatic carbocycles. The van der Waals surface area contributed by atoms with Crippen molar-refractivity contribution in [1.82, 2.24) is 0 Å². The molecule has 0 aromatic rings. The first kappa shape index (κ1) is 9.48. The Balaban J connectivity index is 4.32. The highest BCUT2D eigenvalue weighted by molar-refractivity contribution is 6.04. The lowest BCUT2D eigenvalue weighted by molar-refractivity contribution is 0.307. The van der Waals surface area contributed by atoms with E-state index in [2.05, 4.69) is 10.2 Å². The molecular weight excluding hydrogens is 148 g/mol. The molecule has 6 nitrogen and oxygen atoms in total. The van der Waals surface area contributed by atoms with Gasteiger partial charge in [-0.05, 0) is 5.18 Å². The third-order valence-electron chi connectivity index (χ3n) is 0.822. The van der Waals surface area contributed by atoms with Gasteiger partial charge in [0.05, 0.1) is 13.2 Å². The van der Waals surface area contributed by atoms with Crippen molar-refractivity contribution in [2.45, 2.75) is 0 Å². The number of amidine groups is 1. The van der Waals surface area contributed by atoms with Crippen molar-refractivity contribution in [3.8, 4) is 0 Å². The summed E-state index contributed by atoms with van der Waals surface area (Å²) in [6, 6.07) is 0. The Morgan fingerprint density at radius 3 is 2.73 bits per heavy atom. The number of aliphatic hydroxyl groups excluding tert-OH is 1. The van der Waals surface area contributed by atoms with E-state index in [0.717, 1.165) is 0 Å². The highest BCUT2D eigenvalue weighted by Gasteiger charge is 1.97. The van der Waals surface area contributed by atoms with Gasteiger partial charge >= 0.3 is 0 Å². The molecule has 0 aromatic heterocycles. The molecule has 0 saturated carbocycles. The molecule has 0 atom stereocenters. The summed E-state index contributed by atoms with van der Waals surface area (Å²) in [6.45, 7) is -0.120. The highest BCUT2D eigenvalue weighted by Crippen LogP contribution is 1.89. The average Bonchev–Trinajstić information content (AvgIpc) is 2.03. The van der Waals surface area contributed by atoms with E-state index in [1.54, 1.807) is 0 Å². The number of nitrogens with two attached hydrogens (primary N) is 1. The second-order valence-corrected chi connectivity index (χ2v) is 1.54. The lowest BCUT2D eigenvalue weighted by Gasteiger charge is -1.94. The highest BCUT2D eigenvalue weighted by atomic mass is 16.3. The zero-order valence-electron chi connectivity index (χ0n) is 5.69. The van der Waals surface area contributed by atoms with Crippen LogP contribution in [0.3, 0.4) is 0 Å². The van der Waals surface area contributed by atoms with E-state index >= 15 is 0 Å². The smallest absolute Gasteiger partial charge is 0.168 e. The van der Waals surface area contributed by atoms with Crippen molar-refractivity contribution in [2.75, 3.05) is 13.2 Å². The molecule has 0 unspecified atom stereocenters. The zero-order chi connectivity index (χ0) is 8.69. The fourth-order valence-electron chi connectivity index (χ4n) is 0.370. The van der Waals surface area contributed by atoms with Crippen LogP contribution >= 0.6 is 0 Å². The molecule has 0 aliphatic rings. The number of aliphatic imine (C=N–C) groups is 1. The molecule has 0 radical (unpaired) electrons. The average molecular weight is 155 g/mol. The van der Waals surface area contributed by atoms with Crippen LogP contribution in [-0.2, 0) is 0 Å². The first-order chi connectivity index (χ1) is 5.26. The van der Waals surface area contributed by atoms with Crippen LogP contribution < -0.4 is 5.73 Å². The Morgan fingerprint density at radius 1 is 1.73 bits per heavy atom. The van der Waals surface area contributed by atoms with Crippen molar-refractivity contribution >= 4 is 11.7 Å². The molecule has 6 heteroatoms. The van der Waals surface area contributed by atoms with Crippen LogP contribution in [0.1, 0.15) is 0 Å². The van der Waals surface area contributed by atoms with E-state index in [0.29, 0.717) is 0 Å². The van der Waals surface area contributed by atoms with Gasteiger partial charge in [-0.1, -0.05) is 0 Å². The quantitative estimate of drug-likeness (QED) is 0.315. The molecule has 0 rings (SSSR count). The Kier molecular flexibility index (Phi) is 4.55. The van der Waals surface area contributed by atoms with E-state index in [4.69, 9.17) is 16.2 Å². The number of rotatable bonds is 4. The topological polar surface area (TPSA) is 110 Å². The molecule has 0 fully saturated rings. The fourth-order valence-corrected chi connectivity index (χ4v) is 0.370. The number of hydrogen-bond donors (Lipinski definition) is 2. The van der Waals surface area contributed by atoms with Crippen LogP contribution in [0, 0.1) is 4.91 Å².